The first-order chi connectivity index (χ1) is 13.5. The van der Waals surface area contributed by atoms with Gasteiger partial charge in [-0.25, -0.2) is 8.42 Å². The highest BCUT2D eigenvalue weighted by atomic mass is 32.2. The number of anilines is 1. The van der Waals surface area contributed by atoms with E-state index in [1.54, 1.807) is 41.3 Å². The molecular weight excluding hydrogens is 376 g/mol. The first-order valence-corrected chi connectivity index (χ1v) is 11.0. The molecule has 1 fully saturated rings. The second-order valence-corrected chi connectivity index (χ2v) is 8.55. The minimum absolute atomic E-state index is 0.0591. The van der Waals surface area contributed by atoms with E-state index < -0.39 is 10.0 Å². The Morgan fingerprint density at radius 3 is 2.21 bits per heavy atom. The van der Waals surface area contributed by atoms with E-state index in [-0.39, 0.29) is 10.8 Å². The van der Waals surface area contributed by atoms with Crippen molar-refractivity contribution in [2.75, 3.05) is 31.0 Å². The third-order valence-electron chi connectivity index (χ3n) is 4.70. The molecule has 150 valence electrons. The molecule has 0 aliphatic carbocycles. The van der Waals surface area contributed by atoms with Crippen LogP contribution < -0.4 is 4.72 Å². The van der Waals surface area contributed by atoms with Crippen LogP contribution >= 0.6 is 0 Å². The Kier molecular flexibility index (Phi) is 6.70. The summed E-state index contributed by atoms with van der Waals surface area (Å²) in [6.07, 6.45) is 2.25. The van der Waals surface area contributed by atoms with Gasteiger partial charge in [0, 0.05) is 18.8 Å². The highest BCUT2D eigenvalue weighted by molar-refractivity contribution is 7.92. The minimum Gasteiger partial charge on any atom is -0.378 e. The normalized spacial score (nSPS) is 14.7. The van der Waals surface area contributed by atoms with Crippen LogP contribution in [0.15, 0.2) is 53.4 Å². The number of morpholine rings is 1. The van der Waals surface area contributed by atoms with Gasteiger partial charge in [-0.1, -0.05) is 37.6 Å². The molecule has 1 heterocycles. The lowest BCUT2D eigenvalue weighted by molar-refractivity contribution is -0.134. The fourth-order valence-electron chi connectivity index (χ4n) is 3.13. The maximum atomic E-state index is 12.6. The van der Waals surface area contributed by atoms with Crippen molar-refractivity contribution in [1.29, 1.82) is 0 Å². The van der Waals surface area contributed by atoms with Gasteiger partial charge in [0.25, 0.3) is 10.0 Å². The molecule has 6 nitrogen and oxygen atoms in total. The number of amides is 1. The summed E-state index contributed by atoms with van der Waals surface area (Å²) in [4.78, 5) is 14.3. The molecule has 7 heteroatoms. The molecule has 0 saturated carbocycles. The van der Waals surface area contributed by atoms with Crippen LogP contribution in [0.2, 0.25) is 0 Å². The second kappa shape index (κ2) is 9.21. The van der Waals surface area contributed by atoms with E-state index in [4.69, 9.17) is 4.74 Å². The maximum absolute atomic E-state index is 12.6. The summed E-state index contributed by atoms with van der Waals surface area (Å²) in [5.74, 6) is 0.0591. The minimum atomic E-state index is -3.64. The summed E-state index contributed by atoms with van der Waals surface area (Å²) in [5, 5.41) is 0. The van der Waals surface area contributed by atoms with Crippen molar-refractivity contribution in [3.8, 4) is 0 Å². The molecule has 3 rings (SSSR count). The summed E-state index contributed by atoms with van der Waals surface area (Å²) in [7, 11) is -3.64. The Hall–Kier alpha value is -2.38. The van der Waals surface area contributed by atoms with Crippen molar-refractivity contribution < 1.29 is 17.9 Å². The molecule has 0 radical (unpaired) electrons. The predicted molar refractivity (Wildman–Crippen MR) is 109 cm³/mol. The molecule has 2 aromatic carbocycles. The van der Waals surface area contributed by atoms with Crippen molar-refractivity contribution in [3.63, 3.8) is 0 Å². The van der Waals surface area contributed by atoms with Crippen molar-refractivity contribution in [1.82, 2.24) is 4.90 Å². The maximum Gasteiger partial charge on any atom is 0.261 e. The number of carbonyl (C=O) groups is 1. The second-order valence-electron chi connectivity index (χ2n) is 6.87. The number of hydrogen-bond acceptors (Lipinski definition) is 4. The standard InChI is InChI=1S/C21H26N2O4S/c1-2-3-17-6-10-20(11-7-17)28(25,26)22-19-8-4-18(5-9-19)16-21(24)23-12-14-27-15-13-23/h4-11,22H,2-3,12-16H2,1H3. The molecule has 0 bridgehead atoms. The molecule has 1 aliphatic heterocycles. The van der Waals surface area contributed by atoms with E-state index in [2.05, 4.69) is 11.6 Å². The Labute approximate surface area is 166 Å². The summed E-state index contributed by atoms with van der Waals surface area (Å²) in [6.45, 7) is 4.48. The van der Waals surface area contributed by atoms with Crippen LogP contribution in [0, 0.1) is 0 Å². The average Bonchev–Trinajstić information content (AvgIpc) is 2.70. The Morgan fingerprint density at radius 2 is 1.61 bits per heavy atom. The Morgan fingerprint density at radius 1 is 1.00 bits per heavy atom. The third kappa shape index (κ3) is 5.33. The van der Waals surface area contributed by atoms with Gasteiger partial charge in [0.05, 0.1) is 24.5 Å². The van der Waals surface area contributed by atoms with Gasteiger partial charge < -0.3 is 9.64 Å². The number of benzene rings is 2. The van der Waals surface area contributed by atoms with Gasteiger partial charge in [-0.2, -0.15) is 0 Å². The van der Waals surface area contributed by atoms with Gasteiger partial charge in [0.15, 0.2) is 0 Å². The zero-order valence-electron chi connectivity index (χ0n) is 16.1. The molecule has 2 aromatic rings. The average molecular weight is 403 g/mol. The molecule has 0 spiro atoms. The van der Waals surface area contributed by atoms with Crippen molar-refractivity contribution in [2.45, 2.75) is 31.1 Å². The van der Waals surface area contributed by atoms with Gasteiger partial charge in [-0.3, -0.25) is 9.52 Å². The molecule has 0 unspecified atom stereocenters. The lowest BCUT2D eigenvalue weighted by Gasteiger charge is -2.26. The quantitative estimate of drug-likeness (QED) is 0.773. The zero-order chi connectivity index (χ0) is 20.0. The molecule has 1 aliphatic rings. The first kappa shape index (κ1) is 20.4. The summed E-state index contributed by atoms with van der Waals surface area (Å²) >= 11 is 0. The van der Waals surface area contributed by atoms with Gasteiger partial charge in [0.2, 0.25) is 5.91 Å². The van der Waals surface area contributed by atoms with Crippen LogP contribution in [-0.4, -0.2) is 45.5 Å². The van der Waals surface area contributed by atoms with Gasteiger partial charge >= 0.3 is 0 Å². The number of nitrogens with one attached hydrogen (secondary N) is 1. The fraction of sp³-hybridized carbons (Fsp3) is 0.381. The molecular formula is C21H26N2O4S. The van der Waals surface area contributed by atoms with Crippen LogP contribution in [-0.2, 0) is 32.4 Å². The number of carbonyl (C=O) groups excluding carboxylic acids is 1. The zero-order valence-corrected chi connectivity index (χ0v) is 16.9. The molecule has 1 N–H and O–H groups in total. The van der Waals surface area contributed by atoms with Crippen LogP contribution in [0.5, 0.6) is 0 Å². The number of rotatable bonds is 7. The van der Waals surface area contributed by atoms with E-state index in [9.17, 15) is 13.2 Å². The topological polar surface area (TPSA) is 75.7 Å². The number of ether oxygens (including phenoxy) is 1. The largest absolute Gasteiger partial charge is 0.378 e. The lowest BCUT2D eigenvalue weighted by atomic mass is 10.1. The van der Waals surface area contributed by atoms with Crippen LogP contribution in [0.4, 0.5) is 5.69 Å². The summed E-state index contributed by atoms with van der Waals surface area (Å²) in [6, 6.07) is 13.9. The number of sulfonamides is 1. The highest BCUT2D eigenvalue weighted by Crippen LogP contribution is 2.18. The Bertz CT molecular complexity index is 887. The van der Waals surface area contributed by atoms with Gasteiger partial charge in [-0.05, 0) is 41.8 Å². The van der Waals surface area contributed by atoms with E-state index in [0.717, 1.165) is 24.0 Å². The number of hydrogen-bond donors (Lipinski definition) is 1. The van der Waals surface area contributed by atoms with Gasteiger partial charge in [0.1, 0.15) is 0 Å². The van der Waals surface area contributed by atoms with E-state index in [1.165, 1.54) is 0 Å². The van der Waals surface area contributed by atoms with Crippen molar-refractivity contribution in [3.05, 3.63) is 59.7 Å². The molecule has 28 heavy (non-hydrogen) atoms. The van der Waals surface area contributed by atoms with E-state index in [0.29, 0.717) is 38.4 Å². The van der Waals surface area contributed by atoms with Crippen molar-refractivity contribution in [2.24, 2.45) is 0 Å². The summed E-state index contributed by atoms with van der Waals surface area (Å²) in [5.41, 5.74) is 2.44. The molecule has 1 amide bonds. The molecule has 0 aromatic heterocycles. The van der Waals surface area contributed by atoms with Crippen LogP contribution in [0.3, 0.4) is 0 Å². The molecule has 1 saturated heterocycles. The lowest BCUT2D eigenvalue weighted by Crippen LogP contribution is -2.41. The van der Waals surface area contributed by atoms with E-state index >= 15 is 0 Å². The first-order valence-electron chi connectivity index (χ1n) is 9.54. The monoisotopic (exact) mass is 402 g/mol. The fourth-order valence-corrected chi connectivity index (χ4v) is 4.19. The smallest absolute Gasteiger partial charge is 0.261 e. The Balaban J connectivity index is 1.62. The van der Waals surface area contributed by atoms with E-state index in [1.807, 2.05) is 12.1 Å². The van der Waals surface area contributed by atoms with Crippen LogP contribution in [0.25, 0.3) is 0 Å². The number of aryl methyl sites for hydroxylation is 1. The molecule has 0 atom stereocenters. The summed E-state index contributed by atoms with van der Waals surface area (Å²) < 4.78 is 33.0. The van der Waals surface area contributed by atoms with Gasteiger partial charge in [-0.15, -0.1) is 0 Å². The van der Waals surface area contributed by atoms with Crippen molar-refractivity contribution >= 4 is 21.6 Å². The van der Waals surface area contributed by atoms with Crippen LogP contribution in [0.1, 0.15) is 24.5 Å². The SMILES string of the molecule is CCCc1ccc(S(=O)(=O)Nc2ccc(CC(=O)N3CCOCC3)cc2)cc1. The third-order valence-corrected chi connectivity index (χ3v) is 6.09. The number of nitrogens with zero attached hydrogens (tertiary/aromatic N) is 1. The predicted octanol–water partition coefficient (Wildman–Crippen LogP) is 2.84. The highest BCUT2D eigenvalue weighted by Gasteiger charge is 2.17.